The fourth-order valence-corrected chi connectivity index (χ4v) is 3.29. The normalized spacial score (nSPS) is 33.0. The lowest BCUT2D eigenvalue weighted by Crippen LogP contribution is -2.36. The second-order valence-electron chi connectivity index (χ2n) is 5.31. The number of rotatable bonds is 2. The van der Waals surface area contributed by atoms with E-state index in [1.807, 2.05) is 4.90 Å². The summed E-state index contributed by atoms with van der Waals surface area (Å²) in [6.07, 6.45) is 4.35. The highest BCUT2D eigenvalue weighted by molar-refractivity contribution is 6.27. The van der Waals surface area contributed by atoms with E-state index in [4.69, 9.17) is 16.7 Å². The molecule has 0 atom stereocenters. The van der Waals surface area contributed by atoms with Gasteiger partial charge in [0, 0.05) is 13.1 Å². The second-order valence-corrected chi connectivity index (χ2v) is 5.58. The van der Waals surface area contributed by atoms with Crippen LogP contribution in [-0.4, -0.2) is 40.9 Å². The summed E-state index contributed by atoms with van der Waals surface area (Å²) in [4.78, 5) is 24.2. The first-order chi connectivity index (χ1) is 8.06. The Morgan fingerprint density at radius 1 is 1.29 bits per heavy atom. The third-order valence-electron chi connectivity index (χ3n) is 4.30. The largest absolute Gasteiger partial charge is 0.481 e. The fraction of sp³-hybridized carbons (Fsp3) is 0.833. The Bertz CT molecular complexity index is 324. The molecule has 96 valence electrons. The van der Waals surface area contributed by atoms with Gasteiger partial charge >= 0.3 is 5.97 Å². The van der Waals surface area contributed by atoms with E-state index in [0.29, 0.717) is 0 Å². The zero-order valence-electron chi connectivity index (χ0n) is 9.82. The van der Waals surface area contributed by atoms with Gasteiger partial charge in [-0.2, -0.15) is 0 Å². The lowest BCUT2D eigenvalue weighted by molar-refractivity contribution is -0.143. The van der Waals surface area contributed by atoms with Gasteiger partial charge in [0.25, 0.3) is 0 Å². The van der Waals surface area contributed by atoms with Gasteiger partial charge < -0.3 is 10.0 Å². The van der Waals surface area contributed by atoms with Crippen LogP contribution in [0.3, 0.4) is 0 Å². The second kappa shape index (κ2) is 4.84. The summed E-state index contributed by atoms with van der Waals surface area (Å²) in [6.45, 7) is 1.55. The van der Waals surface area contributed by atoms with Crippen molar-refractivity contribution in [2.75, 3.05) is 19.0 Å². The van der Waals surface area contributed by atoms with Gasteiger partial charge in [0.15, 0.2) is 0 Å². The Morgan fingerprint density at radius 3 is 2.47 bits per heavy atom. The molecule has 0 aromatic rings. The van der Waals surface area contributed by atoms with Gasteiger partial charge in [0.2, 0.25) is 5.91 Å². The summed E-state index contributed by atoms with van der Waals surface area (Å²) < 4.78 is 0. The molecule has 1 amide bonds. The Hall–Kier alpha value is -0.770. The Morgan fingerprint density at radius 2 is 1.94 bits per heavy atom. The molecule has 0 unspecified atom stereocenters. The van der Waals surface area contributed by atoms with Crippen molar-refractivity contribution < 1.29 is 14.7 Å². The first-order valence-corrected chi connectivity index (χ1v) is 6.66. The maximum Gasteiger partial charge on any atom is 0.306 e. The summed E-state index contributed by atoms with van der Waals surface area (Å²) in [6, 6.07) is 0. The number of carboxylic acids is 1. The molecule has 4 nitrogen and oxygen atoms in total. The van der Waals surface area contributed by atoms with Crippen LogP contribution in [0, 0.1) is 11.3 Å². The minimum atomic E-state index is -0.675. The summed E-state index contributed by atoms with van der Waals surface area (Å²) in [5, 5.41) is 8.97. The van der Waals surface area contributed by atoms with Crippen LogP contribution in [0.5, 0.6) is 0 Å². The smallest absolute Gasteiger partial charge is 0.306 e. The molecule has 1 spiro atoms. The first-order valence-electron chi connectivity index (χ1n) is 6.13. The Balaban J connectivity index is 1.92. The molecule has 0 aromatic heterocycles. The molecule has 0 aromatic carbocycles. The van der Waals surface area contributed by atoms with Crippen LogP contribution in [-0.2, 0) is 9.59 Å². The van der Waals surface area contributed by atoms with Crippen molar-refractivity contribution in [2.45, 2.75) is 32.1 Å². The predicted octanol–water partition coefficient (Wildman–Crippen LogP) is 1.72. The number of aliphatic carboxylic acids is 1. The summed E-state index contributed by atoms with van der Waals surface area (Å²) >= 11 is 5.56. The fourth-order valence-electron chi connectivity index (χ4n) is 3.12. The summed E-state index contributed by atoms with van der Waals surface area (Å²) in [5.74, 6) is -0.803. The van der Waals surface area contributed by atoms with Gasteiger partial charge in [0.1, 0.15) is 5.88 Å². The zero-order valence-corrected chi connectivity index (χ0v) is 10.6. The van der Waals surface area contributed by atoms with Gasteiger partial charge in [-0.3, -0.25) is 9.59 Å². The maximum atomic E-state index is 11.5. The molecule has 2 fully saturated rings. The van der Waals surface area contributed by atoms with Gasteiger partial charge in [-0.25, -0.2) is 0 Å². The van der Waals surface area contributed by atoms with Gasteiger partial charge in [-0.15, -0.1) is 11.6 Å². The molecule has 0 radical (unpaired) electrons. The van der Waals surface area contributed by atoms with Crippen molar-refractivity contribution in [2.24, 2.45) is 11.3 Å². The lowest BCUT2D eigenvalue weighted by atomic mass is 9.70. The average molecular weight is 260 g/mol. The van der Waals surface area contributed by atoms with Crippen molar-refractivity contribution in [1.29, 1.82) is 0 Å². The predicted molar refractivity (Wildman–Crippen MR) is 63.9 cm³/mol. The molecular weight excluding hydrogens is 242 g/mol. The number of carbonyl (C=O) groups excluding carboxylic acids is 1. The highest BCUT2D eigenvalue weighted by Gasteiger charge is 2.43. The number of hydrogen-bond donors (Lipinski definition) is 1. The van der Waals surface area contributed by atoms with Gasteiger partial charge in [-0.1, -0.05) is 0 Å². The molecule has 2 rings (SSSR count). The first kappa shape index (κ1) is 12.7. The number of hydrogen-bond acceptors (Lipinski definition) is 2. The molecule has 1 saturated heterocycles. The average Bonchev–Trinajstić information content (AvgIpc) is 2.73. The number of nitrogens with zero attached hydrogens (tertiary/aromatic N) is 1. The Kier molecular flexibility index (Phi) is 3.61. The van der Waals surface area contributed by atoms with Gasteiger partial charge in [0.05, 0.1) is 5.92 Å². The molecule has 1 heterocycles. The molecule has 5 heteroatoms. The minimum absolute atomic E-state index is 0.00361. The number of alkyl halides is 1. The van der Waals surface area contributed by atoms with Crippen LogP contribution >= 0.6 is 11.6 Å². The lowest BCUT2D eigenvalue weighted by Gasteiger charge is -2.35. The molecule has 1 N–H and O–H groups in total. The van der Waals surface area contributed by atoms with Crippen LogP contribution in [0.2, 0.25) is 0 Å². The third kappa shape index (κ3) is 2.57. The van der Waals surface area contributed by atoms with E-state index in [9.17, 15) is 9.59 Å². The third-order valence-corrected chi connectivity index (χ3v) is 4.53. The van der Waals surface area contributed by atoms with Crippen LogP contribution in [0.4, 0.5) is 0 Å². The van der Waals surface area contributed by atoms with E-state index in [1.54, 1.807) is 0 Å². The van der Waals surface area contributed by atoms with Crippen LogP contribution in [0.1, 0.15) is 32.1 Å². The number of carboxylic acid groups (broad SMARTS) is 1. The standard InChI is InChI=1S/C12H18ClNO3/c13-7-10(15)14-6-5-12(8-14)3-1-9(2-4-12)11(16)17/h9H,1-8H2,(H,16,17). The van der Waals surface area contributed by atoms with Crippen LogP contribution < -0.4 is 0 Å². The number of likely N-dealkylation sites (tertiary alicyclic amines) is 1. The zero-order chi connectivity index (χ0) is 12.5. The van der Waals surface area contributed by atoms with E-state index in [-0.39, 0.29) is 23.1 Å². The van der Waals surface area contributed by atoms with E-state index in [0.717, 1.165) is 45.2 Å². The summed E-state index contributed by atoms with van der Waals surface area (Å²) in [7, 11) is 0. The molecule has 1 aliphatic carbocycles. The quantitative estimate of drug-likeness (QED) is 0.769. The minimum Gasteiger partial charge on any atom is -0.481 e. The highest BCUT2D eigenvalue weighted by Crippen LogP contribution is 2.45. The van der Waals surface area contributed by atoms with Crippen molar-refractivity contribution in [3.63, 3.8) is 0 Å². The van der Waals surface area contributed by atoms with Crippen LogP contribution in [0.25, 0.3) is 0 Å². The topological polar surface area (TPSA) is 57.6 Å². The molecule has 17 heavy (non-hydrogen) atoms. The van der Waals surface area contributed by atoms with E-state index >= 15 is 0 Å². The summed E-state index contributed by atoms with van der Waals surface area (Å²) in [5.41, 5.74) is 0.174. The van der Waals surface area contributed by atoms with E-state index < -0.39 is 5.97 Å². The molecule has 2 aliphatic rings. The van der Waals surface area contributed by atoms with E-state index in [2.05, 4.69) is 0 Å². The Labute approximate surface area is 106 Å². The SMILES string of the molecule is O=C(O)C1CCC2(CC1)CCN(C(=O)CCl)C2. The molecule has 1 aliphatic heterocycles. The van der Waals surface area contributed by atoms with Crippen molar-refractivity contribution >= 4 is 23.5 Å². The molecular formula is C12H18ClNO3. The number of halogens is 1. The van der Waals surface area contributed by atoms with Crippen molar-refractivity contribution in [3.8, 4) is 0 Å². The molecule has 1 saturated carbocycles. The molecule has 0 bridgehead atoms. The maximum absolute atomic E-state index is 11.5. The van der Waals surface area contributed by atoms with Crippen LogP contribution in [0.15, 0.2) is 0 Å². The van der Waals surface area contributed by atoms with Gasteiger partial charge in [-0.05, 0) is 37.5 Å². The van der Waals surface area contributed by atoms with Crippen molar-refractivity contribution in [3.05, 3.63) is 0 Å². The highest BCUT2D eigenvalue weighted by atomic mass is 35.5. The monoisotopic (exact) mass is 259 g/mol. The van der Waals surface area contributed by atoms with Crippen molar-refractivity contribution in [1.82, 2.24) is 4.90 Å². The number of amides is 1. The van der Waals surface area contributed by atoms with E-state index in [1.165, 1.54) is 0 Å². The number of carbonyl (C=O) groups is 2.